The highest BCUT2D eigenvalue weighted by molar-refractivity contribution is 5.20. The second kappa shape index (κ2) is 7.03. The maximum atomic E-state index is 4.07. The van der Waals surface area contributed by atoms with E-state index in [-0.39, 0.29) is 0 Å². The van der Waals surface area contributed by atoms with Crippen molar-refractivity contribution in [2.24, 2.45) is 7.05 Å². The minimum Gasteiger partial charge on any atom is -0.352 e. The normalized spacial score (nSPS) is 10.8. The number of hydrogen-bond donors (Lipinski definition) is 0. The van der Waals surface area contributed by atoms with Crippen LogP contribution in [0.15, 0.2) is 61.2 Å². The van der Waals surface area contributed by atoms with Gasteiger partial charge < -0.3 is 4.57 Å². The first-order valence-electron chi connectivity index (χ1n) is 7.74. The van der Waals surface area contributed by atoms with Crippen LogP contribution in [0.3, 0.4) is 0 Å². The number of hydrogen-bond acceptors (Lipinski definition) is 2. The molecular weight excluding hydrogens is 270 g/mol. The quantitative estimate of drug-likeness (QED) is 0.697. The summed E-state index contributed by atoms with van der Waals surface area (Å²) >= 11 is 0. The summed E-state index contributed by atoms with van der Waals surface area (Å²) in [6.07, 6.45) is 11.7. The van der Waals surface area contributed by atoms with Crippen LogP contribution in [-0.4, -0.2) is 14.5 Å². The topological polar surface area (TPSA) is 30.7 Å². The van der Waals surface area contributed by atoms with Crippen molar-refractivity contribution in [3.05, 3.63) is 83.7 Å². The van der Waals surface area contributed by atoms with Crippen LogP contribution < -0.4 is 0 Å². The van der Waals surface area contributed by atoms with E-state index in [4.69, 9.17) is 0 Å². The number of rotatable bonds is 6. The second-order valence-electron chi connectivity index (χ2n) is 5.59. The van der Waals surface area contributed by atoms with Gasteiger partial charge in [0.05, 0.1) is 0 Å². The summed E-state index contributed by atoms with van der Waals surface area (Å²) in [6, 6.07) is 12.9. The fourth-order valence-electron chi connectivity index (χ4n) is 2.75. The van der Waals surface area contributed by atoms with Gasteiger partial charge in [-0.05, 0) is 73.2 Å². The molecule has 0 aliphatic carbocycles. The Bertz CT molecular complexity index is 641. The summed E-state index contributed by atoms with van der Waals surface area (Å²) < 4.78 is 2.34. The fourth-order valence-corrected chi connectivity index (χ4v) is 2.75. The lowest BCUT2D eigenvalue weighted by Crippen LogP contribution is -2.04. The van der Waals surface area contributed by atoms with E-state index in [0.717, 1.165) is 25.7 Å². The largest absolute Gasteiger partial charge is 0.352 e. The van der Waals surface area contributed by atoms with Crippen molar-refractivity contribution in [3.8, 4) is 0 Å². The molecule has 112 valence electrons. The maximum absolute atomic E-state index is 4.07. The number of aromatic nitrogens is 3. The van der Waals surface area contributed by atoms with Gasteiger partial charge in [-0.15, -0.1) is 0 Å². The van der Waals surface area contributed by atoms with Gasteiger partial charge >= 0.3 is 0 Å². The molecule has 3 nitrogen and oxygen atoms in total. The molecule has 3 heteroatoms. The molecule has 0 saturated heterocycles. The minimum absolute atomic E-state index is 1.06. The van der Waals surface area contributed by atoms with E-state index in [2.05, 4.69) is 58.0 Å². The number of aryl methyl sites for hydroxylation is 4. The molecule has 3 heterocycles. The molecule has 0 N–H and O–H groups in total. The smallest absolute Gasteiger partial charge is 0.0270 e. The lowest BCUT2D eigenvalue weighted by Gasteiger charge is -2.08. The molecule has 0 spiro atoms. The zero-order valence-corrected chi connectivity index (χ0v) is 12.9. The first kappa shape index (κ1) is 14.5. The number of pyridine rings is 2. The monoisotopic (exact) mass is 291 g/mol. The van der Waals surface area contributed by atoms with E-state index in [1.807, 2.05) is 24.8 Å². The van der Waals surface area contributed by atoms with Crippen molar-refractivity contribution in [2.45, 2.75) is 25.7 Å². The average molecular weight is 291 g/mol. The summed E-state index contributed by atoms with van der Waals surface area (Å²) in [6.45, 7) is 0. The number of nitrogens with zero attached hydrogens (tertiary/aromatic N) is 3. The van der Waals surface area contributed by atoms with E-state index in [0.29, 0.717) is 0 Å². The van der Waals surface area contributed by atoms with Gasteiger partial charge in [0.25, 0.3) is 0 Å². The zero-order chi connectivity index (χ0) is 15.2. The first-order chi connectivity index (χ1) is 10.8. The van der Waals surface area contributed by atoms with E-state index in [1.165, 1.54) is 22.5 Å². The van der Waals surface area contributed by atoms with E-state index < -0.39 is 0 Å². The molecule has 0 radical (unpaired) electrons. The van der Waals surface area contributed by atoms with Crippen molar-refractivity contribution in [1.29, 1.82) is 0 Å². The predicted molar refractivity (Wildman–Crippen MR) is 88.7 cm³/mol. The van der Waals surface area contributed by atoms with Crippen molar-refractivity contribution in [1.82, 2.24) is 14.5 Å². The summed E-state index contributed by atoms with van der Waals surface area (Å²) in [5.41, 5.74) is 5.46. The van der Waals surface area contributed by atoms with Gasteiger partial charge in [0.15, 0.2) is 0 Å². The molecule has 3 aromatic heterocycles. The molecule has 0 bridgehead atoms. The van der Waals surface area contributed by atoms with E-state index in [9.17, 15) is 0 Å². The molecule has 0 aliphatic rings. The zero-order valence-electron chi connectivity index (χ0n) is 12.9. The van der Waals surface area contributed by atoms with Gasteiger partial charge in [0.1, 0.15) is 0 Å². The van der Waals surface area contributed by atoms with Crippen LogP contribution in [0.4, 0.5) is 0 Å². The highest BCUT2D eigenvalue weighted by atomic mass is 14.9. The molecule has 0 saturated carbocycles. The van der Waals surface area contributed by atoms with Crippen molar-refractivity contribution >= 4 is 0 Å². The molecule has 0 amide bonds. The highest BCUT2D eigenvalue weighted by Crippen LogP contribution is 2.13. The maximum Gasteiger partial charge on any atom is 0.0270 e. The SMILES string of the molecule is Cn1c(CCc2ccncc2)ccc1CCc1ccncc1. The van der Waals surface area contributed by atoms with Gasteiger partial charge in [-0.25, -0.2) is 0 Å². The Morgan fingerprint density at radius 2 is 1.05 bits per heavy atom. The second-order valence-corrected chi connectivity index (χ2v) is 5.59. The molecule has 3 aromatic rings. The summed E-state index contributed by atoms with van der Waals surface area (Å²) in [5.74, 6) is 0. The third kappa shape index (κ3) is 3.61. The third-order valence-corrected chi connectivity index (χ3v) is 4.17. The lowest BCUT2D eigenvalue weighted by molar-refractivity contribution is 0.741. The Hall–Kier alpha value is -2.42. The van der Waals surface area contributed by atoms with Crippen LogP contribution >= 0.6 is 0 Å². The van der Waals surface area contributed by atoms with Gasteiger partial charge in [-0.1, -0.05) is 0 Å². The molecule has 0 atom stereocenters. The Morgan fingerprint density at radius 3 is 1.45 bits per heavy atom. The first-order valence-corrected chi connectivity index (χ1v) is 7.74. The van der Waals surface area contributed by atoms with Gasteiger partial charge in [-0.3, -0.25) is 9.97 Å². The van der Waals surface area contributed by atoms with Crippen LogP contribution in [0.25, 0.3) is 0 Å². The Kier molecular flexibility index (Phi) is 4.64. The highest BCUT2D eigenvalue weighted by Gasteiger charge is 2.05. The molecule has 0 aromatic carbocycles. The summed E-state index contributed by atoms with van der Waals surface area (Å²) in [5, 5.41) is 0. The van der Waals surface area contributed by atoms with Crippen molar-refractivity contribution in [2.75, 3.05) is 0 Å². The van der Waals surface area contributed by atoms with Crippen LogP contribution in [0.1, 0.15) is 22.5 Å². The third-order valence-electron chi connectivity index (χ3n) is 4.17. The molecule has 3 rings (SSSR count). The van der Waals surface area contributed by atoms with Crippen LogP contribution in [0.5, 0.6) is 0 Å². The minimum atomic E-state index is 1.06. The summed E-state index contributed by atoms with van der Waals surface area (Å²) in [4.78, 5) is 8.13. The summed E-state index contributed by atoms with van der Waals surface area (Å²) in [7, 11) is 2.17. The Morgan fingerprint density at radius 1 is 0.636 bits per heavy atom. The average Bonchev–Trinajstić information content (AvgIpc) is 2.93. The van der Waals surface area contributed by atoms with Crippen LogP contribution in [0, 0.1) is 0 Å². The van der Waals surface area contributed by atoms with Crippen molar-refractivity contribution in [3.63, 3.8) is 0 Å². The standard InChI is InChI=1S/C19H21N3/c1-22-18(4-2-16-8-12-20-13-9-16)6-7-19(22)5-3-17-10-14-21-15-11-17/h6-15H,2-5H2,1H3. The lowest BCUT2D eigenvalue weighted by atomic mass is 10.1. The van der Waals surface area contributed by atoms with E-state index >= 15 is 0 Å². The van der Waals surface area contributed by atoms with E-state index in [1.54, 1.807) is 0 Å². The van der Waals surface area contributed by atoms with Gasteiger partial charge in [0.2, 0.25) is 0 Å². The Balaban J connectivity index is 1.60. The van der Waals surface area contributed by atoms with Crippen molar-refractivity contribution < 1.29 is 0 Å². The Labute approximate surface area is 131 Å². The molecule has 22 heavy (non-hydrogen) atoms. The molecule has 0 aliphatic heterocycles. The molecule has 0 fully saturated rings. The molecular formula is C19H21N3. The van der Waals surface area contributed by atoms with Gasteiger partial charge in [0, 0.05) is 43.2 Å². The van der Waals surface area contributed by atoms with Crippen LogP contribution in [-0.2, 0) is 32.7 Å². The van der Waals surface area contributed by atoms with Crippen LogP contribution in [0.2, 0.25) is 0 Å². The fraction of sp³-hybridized carbons (Fsp3) is 0.263. The predicted octanol–water partition coefficient (Wildman–Crippen LogP) is 3.39. The molecule has 0 unspecified atom stereocenters. The van der Waals surface area contributed by atoms with Gasteiger partial charge in [-0.2, -0.15) is 0 Å².